The third-order valence-corrected chi connectivity index (χ3v) is 4.71. The number of ketones is 1. The van der Waals surface area contributed by atoms with Crippen molar-refractivity contribution in [3.8, 4) is 0 Å². The van der Waals surface area contributed by atoms with Crippen molar-refractivity contribution >= 4 is 17.8 Å². The van der Waals surface area contributed by atoms with Crippen molar-refractivity contribution in [3.63, 3.8) is 0 Å². The van der Waals surface area contributed by atoms with Crippen LogP contribution >= 0.6 is 0 Å². The van der Waals surface area contributed by atoms with Crippen molar-refractivity contribution in [1.29, 1.82) is 0 Å². The molecule has 28 heavy (non-hydrogen) atoms. The van der Waals surface area contributed by atoms with Gasteiger partial charge in [-0.25, -0.2) is 4.79 Å². The number of carbonyl (C=O) groups is 3. The standard InChI is InChI=1S/C22H26N2O4/c1-16(2)22(3,24-21(27)28-15-17-10-6-4-7-11-17)20(26)23-14-19(25)18-12-8-5-9-13-18/h4-13,16H,14-15H2,1-3H3,(H,23,26)(H,24,27). The van der Waals surface area contributed by atoms with Crippen LogP contribution in [0.25, 0.3) is 0 Å². The Labute approximate surface area is 165 Å². The SMILES string of the molecule is CC(C)C(C)(NC(=O)OCc1ccccc1)C(=O)NCC(=O)c1ccccc1. The first-order chi connectivity index (χ1) is 13.3. The Morgan fingerprint density at radius 2 is 1.54 bits per heavy atom. The Kier molecular flexibility index (Phi) is 7.32. The Morgan fingerprint density at radius 3 is 2.11 bits per heavy atom. The molecule has 1 atom stereocenters. The minimum Gasteiger partial charge on any atom is -0.445 e. The molecule has 0 saturated carbocycles. The molecule has 2 aromatic carbocycles. The van der Waals surface area contributed by atoms with E-state index in [0.717, 1.165) is 5.56 Å². The molecule has 2 N–H and O–H groups in total. The van der Waals surface area contributed by atoms with Crippen LogP contribution in [0.4, 0.5) is 4.79 Å². The molecule has 2 rings (SSSR count). The Hall–Kier alpha value is -3.15. The molecule has 6 nitrogen and oxygen atoms in total. The average molecular weight is 382 g/mol. The number of rotatable bonds is 8. The fourth-order valence-corrected chi connectivity index (χ4v) is 2.50. The molecule has 2 aromatic rings. The predicted octanol–water partition coefficient (Wildman–Crippen LogP) is 3.33. The summed E-state index contributed by atoms with van der Waals surface area (Å²) in [5.41, 5.74) is 0.149. The first-order valence-electron chi connectivity index (χ1n) is 9.18. The highest BCUT2D eigenvalue weighted by molar-refractivity contribution is 6.00. The van der Waals surface area contributed by atoms with Crippen molar-refractivity contribution in [1.82, 2.24) is 10.6 Å². The zero-order chi connectivity index (χ0) is 20.6. The van der Waals surface area contributed by atoms with Gasteiger partial charge in [0.15, 0.2) is 5.78 Å². The van der Waals surface area contributed by atoms with E-state index in [1.807, 2.05) is 50.2 Å². The quantitative estimate of drug-likeness (QED) is 0.686. The minimum absolute atomic E-state index is 0.106. The Balaban J connectivity index is 1.94. The van der Waals surface area contributed by atoms with Crippen LogP contribution in [-0.4, -0.2) is 29.9 Å². The van der Waals surface area contributed by atoms with Gasteiger partial charge in [-0.15, -0.1) is 0 Å². The Morgan fingerprint density at radius 1 is 0.964 bits per heavy atom. The van der Waals surface area contributed by atoms with E-state index in [2.05, 4.69) is 10.6 Å². The molecule has 0 saturated heterocycles. The topological polar surface area (TPSA) is 84.5 Å². The van der Waals surface area contributed by atoms with Crippen LogP contribution in [0.1, 0.15) is 36.7 Å². The number of hydrogen-bond acceptors (Lipinski definition) is 4. The van der Waals surface area contributed by atoms with E-state index in [0.29, 0.717) is 5.56 Å². The normalized spacial score (nSPS) is 12.7. The summed E-state index contributed by atoms with van der Waals surface area (Å²) < 4.78 is 5.22. The molecular formula is C22H26N2O4. The van der Waals surface area contributed by atoms with Crippen LogP contribution in [-0.2, 0) is 16.1 Å². The summed E-state index contributed by atoms with van der Waals surface area (Å²) in [4.78, 5) is 37.1. The monoisotopic (exact) mass is 382 g/mol. The maximum absolute atomic E-state index is 12.7. The fourth-order valence-electron chi connectivity index (χ4n) is 2.50. The number of benzene rings is 2. The second kappa shape index (κ2) is 9.69. The third kappa shape index (κ3) is 5.67. The molecule has 0 radical (unpaired) electrons. The summed E-state index contributed by atoms with van der Waals surface area (Å²) in [6, 6.07) is 18.0. The molecule has 148 valence electrons. The molecule has 0 aromatic heterocycles. The first-order valence-corrected chi connectivity index (χ1v) is 9.18. The molecule has 0 spiro atoms. The number of Topliss-reactive ketones (excluding diaryl/α,β-unsaturated/α-hetero) is 1. The summed E-state index contributed by atoms with van der Waals surface area (Å²) in [6.45, 7) is 5.21. The van der Waals surface area contributed by atoms with Gasteiger partial charge >= 0.3 is 6.09 Å². The van der Waals surface area contributed by atoms with Crippen LogP contribution < -0.4 is 10.6 Å². The highest BCUT2D eigenvalue weighted by Crippen LogP contribution is 2.17. The minimum atomic E-state index is -1.22. The highest BCUT2D eigenvalue weighted by Gasteiger charge is 2.38. The summed E-state index contributed by atoms with van der Waals surface area (Å²) >= 11 is 0. The average Bonchev–Trinajstić information content (AvgIpc) is 2.71. The van der Waals surface area contributed by atoms with Gasteiger partial charge in [0.2, 0.25) is 5.91 Å². The van der Waals surface area contributed by atoms with E-state index in [-0.39, 0.29) is 24.9 Å². The van der Waals surface area contributed by atoms with Crippen LogP contribution in [0, 0.1) is 5.92 Å². The largest absolute Gasteiger partial charge is 0.445 e. The van der Waals surface area contributed by atoms with E-state index in [1.165, 1.54) is 0 Å². The zero-order valence-electron chi connectivity index (χ0n) is 16.4. The molecule has 0 bridgehead atoms. The summed E-state index contributed by atoms with van der Waals surface area (Å²) in [5, 5.41) is 5.27. The molecule has 6 heteroatoms. The number of ether oxygens (including phenoxy) is 1. The van der Waals surface area contributed by atoms with E-state index in [1.54, 1.807) is 31.2 Å². The Bertz CT molecular complexity index is 806. The molecule has 0 fully saturated rings. The maximum Gasteiger partial charge on any atom is 0.408 e. The number of nitrogens with one attached hydrogen (secondary N) is 2. The van der Waals surface area contributed by atoms with Crippen molar-refractivity contribution in [2.45, 2.75) is 32.9 Å². The second-order valence-corrected chi connectivity index (χ2v) is 7.02. The van der Waals surface area contributed by atoms with Crippen molar-refractivity contribution in [2.75, 3.05) is 6.54 Å². The summed E-state index contributed by atoms with van der Waals surface area (Å²) in [7, 11) is 0. The van der Waals surface area contributed by atoms with Gasteiger partial charge in [-0.3, -0.25) is 9.59 Å². The lowest BCUT2D eigenvalue weighted by molar-refractivity contribution is -0.128. The molecule has 0 aliphatic carbocycles. The lowest BCUT2D eigenvalue weighted by Crippen LogP contribution is -2.60. The van der Waals surface area contributed by atoms with Crippen molar-refractivity contribution in [2.24, 2.45) is 5.92 Å². The first kappa shape index (κ1) is 21.2. The van der Waals surface area contributed by atoms with E-state index in [9.17, 15) is 14.4 Å². The van der Waals surface area contributed by atoms with Crippen LogP contribution in [0.5, 0.6) is 0 Å². The van der Waals surface area contributed by atoms with E-state index >= 15 is 0 Å². The molecular weight excluding hydrogens is 356 g/mol. The fraction of sp³-hybridized carbons (Fsp3) is 0.318. The van der Waals surface area contributed by atoms with Gasteiger partial charge in [0.1, 0.15) is 12.1 Å². The summed E-state index contributed by atoms with van der Waals surface area (Å²) in [5.74, 6) is -0.862. The number of carbonyl (C=O) groups excluding carboxylic acids is 3. The summed E-state index contributed by atoms with van der Waals surface area (Å²) in [6.07, 6.45) is -0.690. The smallest absolute Gasteiger partial charge is 0.408 e. The van der Waals surface area contributed by atoms with Gasteiger partial charge in [0.05, 0.1) is 6.54 Å². The molecule has 0 aliphatic heterocycles. The number of amides is 2. The highest BCUT2D eigenvalue weighted by atomic mass is 16.5. The van der Waals surface area contributed by atoms with Crippen LogP contribution in [0.3, 0.4) is 0 Å². The van der Waals surface area contributed by atoms with E-state index in [4.69, 9.17) is 4.74 Å². The lowest BCUT2D eigenvalue weighted by Gasteiger charge is -2.32. The van der Waals surface area contributed by atoms with Crippen LogP contribution in [0.2, 0.25) is 0 Å². The lowest BCUT2D eigenvalue weighted by atomic mass is 9.87. The van der Waals surface area contributed by atoms with Gasteiger partial charge < -0.3 is 15.4 Å². The van der Waals surface area contributed by atoms with Gasteiger partial charge in [-0.2, -0.15) is 0 Å². The van der Waals surface area contributed by atoms with Crippen molar-refractivity contribution < 1.29 is 19.1 Å². The van der Waals surface area contributed by atoms with E-state index < -0.39 is 17.5 Å². The number of alkyl carbamates (subject to hydrolysis) is 1. The van der Waals surface area contributed by atoms with Gasteiger partial charge in [-0.1, -0.05) is 74.5 Å². The zero-order valence-corrected chi connectivity index (χ0v) is 16.4. The molecule has 0 aliphatic rings. The molecule has 0 heterocycles. The third-order valence-electron chi connectivity index (χ3n) is 4.71. The van der Waals surface area contributed by atoms with Crippen LogP contribution in [0.15, 0.2) is 60.7 Å². The van der Waals surface area contributed by atoms with Gasteiger partial charge in [0, 0.05) is 5.56 Å². The molecule has 2 amide bonds. The second-order valence-electron chi connectivity index (χ2n) is 7.02. The van der Waals surface area contributed by atoms with Gasteiger partial charge in [-0.05, 0) is 18.4 Å². The number of hydrogen-bond donors (Lipinski definition) is 2. The molecule has 1 unspecified atom stereocenters. The predicted molar refractivity (Wildman–Crippen MR) is 107 cm³/mol. The maximum atomic E-state index is 12.7. The van der Waals surface area contributed by atoms with Gasteiger partial charge in [0.25, 0.3) is 0 Å². The van der Waals surface area contributed by atoms with Crippen molar-refractivity contribution in [3.05, 3.63) is 71.8 Å².